The summed E-state index contributed by atoms with van der Waals surface area (Å²) in [4.78, 5) is 17.0. The maximum absolute atomic E-state index is 12.2. The van der Waals surface area contributed by atoms with E-state index in [9.17, 15) is 13.6 Å². The summed E-state index contributed by atoms with van der Waals surface area (Å²) in [6.07, 6.45) is 0. The molecule has 1 heterocycles. The molecule has 0 saturated carbocycles. The van der Waals surface area contributed by atoms with Crippen LogP contribution in [-0.2, 0) is 0 Å². The Hall–Kier alpha value is -1.73. The predicted octanol–water partition coefficient (Wildman–Crippen LogP) is 2.29. The molecule has 1 fully saturated rings. The van der Waals surface area contributed by atoms with Crippen LogP contribution in [0.3, 0.4) is 0 Å². The van der Waals surface area contributed by atoms with E-state index < -0.39 is 6.61 Å². The highest BCUT2D eigenvalue weighted by molar-refractivity contribution is 5.94. The first-order valence-corrected chi connectivity index (χ1v) is 8.75. The summed E-state index contributed by atoms with van der Waals surface area (Å²) in [5.41, 5.74) is 0.321. The lowest BCUT2D eigenvalue weighted by Crippen LogP contribution is -2.48. The van der Waals surface area contributed by atoms with Crippen molar-refractivity contribution in [3.63, 3.8) is 0 Å². The number of carbonyl (C=O) groups excluding carboxylic acids is 1. The van der Waals surface area contributed by atoms with Gasteiger partial charge in [0.25, 0.3) is 5.91 Å². The van der Waals surface area contributed by atoms with Crippen LogP contribution in [0.4, 0.5) is 8.78 Å². The Morgan fingerprint density at radius 1 is 1.24 bits per heavy atom. The molecule has 1 aromatic rings. The van der Waals surface area contributed by atoms with Gasteiger partial charge in [-0.25, -0.2) is 0 Å². The van der Waals surface area contributed by atoms with E-state index in [0.717, 1.165) is 39.3 Å². The van der Waals surface area contributed by atoms with Crippen LogP contribution in [0.15, 0.2) is 24.3 Å². The molecule has 1 atom stereocenters. The highest BCUT2D eigenvalue weighted by Gasteiger charge is 2.18. The molecule has 0 bridgehead atoms. The van der Waals surface area contributed by atoms with E-state index in [1.54, 1.807) is 6.07 Å². The fourth-order valence-electron chi connectivity index (χ4n) is 2.98. The molecule has 1 aromatic carbocycles. The van der Waals surface area contributed by atoms with Gasteiger partial charge < -0.3 is 19.9 Å². The van der Waals surface area contributed by atoms with Crippen LogP contribution in [0.5, 0.6) is 5.75 Å². The fraction of sp³-hybridized carbons (Fsp3) is 0.611. The number of nitrogens with one attached hydrogen (secondary N) is 1. The van der Waals surface area contributed by atoms with Crippen LogP contribution in [-0.4, -0.2) is 68.1 Å². The molecule has 1 aliphatic rings. The van der Waals surface area contributed by atoms with E-state index >= 15 is 0 Å². The minimum absolute atomic E-state index is 0.00973. The monoisotopic (exact) mass is 355 g/mol. The van der Waals surface area contributed by atoms with Crippen LogP contribution >= 0.6 is 0 Å². The SMILES string of the molecule is CCN1CCN(C[C@@H](C)CNC(=O)c2cccc(OC(F)F)c2)CC1. The number of carbonyl (C=O) groups is 1. The minimum Gasteiger partial charge on any atom is -0.435 e. The Bertz CT molecular complexity index is 549. The Morgan fingerprint density at radius 3 is 2.56 bits per heavy atom. The molecule has 5 nitrogen and oxygen atoms in total. The van der Waals surface area contributed by atoms with Gasteiger partial charge >= 0.3 is 6.61 Å². The number of hydrogen-bond donors (Lipinski definition) is 1. The Labute approximate surface area is 147 Å². The van der Waals surface area contributed by atoms with Gasteiger partial charge in [-0.15, -0.1) is 0 Å². The molecule has 1 N–H and O–H groups in total. The van der Waals surface area contributed by atoms with Crippen molar-refractivity contribution >= 4 is 5.91 Å². The molecule has 2 rings (SSSR count). The molecular formula is C18H27F2N3O2. The first kappa shape index (κ1) is 19.6. The number of piperazine rings is 1. The third-order valence-corrected chi connectivity index (χ3v) is 4.41. The summed E-state index contributed by atoms with van der Waals surface area (Å²) < 4.78 is 28.8. The highest BCUT2D eigenvalue weighted by atomic mass is 19.3. The molecular weight excluding hydrogens is 328 g/mol. The zero-order valence-corrected chi connectivity index (χ0v) is 14.9. The average molecular weight is 355 g/mol. The molecule has 0 spiro atoms. The number of nitrogens with zero attached hydrogens (tertiary/aromatic N) is 2. The molecule has 7 heteroatoms. The number of rotatable bonds is 8. The average Bonchev–Trinajstić information content (AvgIpc) is 2.60. The normalized spacial score (nSPS) is 17.5. The second kappa shape index (κ2) is 9.68. The van der Waals surface area contributed by atoms with E-state index in [0.29, 0.717) is 18.0 Å². The number of amides is 1. The number of likely N-dealkylation sites (N-methyl/N-ethyl adjacent to an activating group) is 1. The summed E-state index contributed by atoms with van der Waals surface area (Å²) >= 11 is 0. The number of alkyl halides is 2. The van der Waals surface area contributed by atoms with E-state index in [4.69, 9.17) is 0 Å². The second-order valence-corrected chi connectivity index (χ2v) is 6.46. The van der Waals surface area contributed by atoms with Crippen LogP contribution in [0.1, 0.15) is 24.2 Å². The van der Waals surface area contributed by atoms with Crippen molar-refractivity contribution in [2.24, 2.45) is 5.92 Å². The molecule has 140 valence electrons. The minimum atomic E-state index is -2.90. The largest absolute Gasteiger partial charge is 0.435 e. The summed E-state index contributed by atoms with van der Waals surface area (Å²) in [6.45, 7) is 8.24. The fourth-order valence-corrected chi connectivity index (χ4v) is 2.98. The molecule has 1 aliphatic heterocycles. The lowest BCUT2D eigenvalue weighted by atomic mass is 10.1. The quantitative estimate of drug-likeness (QED) is 0.777. The standard InChI is InChI=1S/C18H27F2N3O2/c1-3-22-7-9-23(10-8-22)13-14(2)12-21-17(24)15-5-4-6-16(11-15)25-18(19)20/h4-6,11,14,18H,3,7-10,12-13H2,1-2H3,(H,21,24)/t14-/m0/s1. The van der Waals surface area contributed by atoms with Crippen LogP contribution in [0.25, 0.3) is 0 Å². The van der Waals surface area contributed by atoms with Gasteiger partial charge in [-0.05, 0) is 30.7 Å². The molecule has 0 unspecified atom stereocenters. The highest BCUT2D eigenvalue weighted by Crippen LogP contribution is 2.16. The molecule has 0 radical (unpaired) electrons. The van der Waals surface area contributed by atoms with Gasteiger partial charge in [-0.2, -0.15) is 8.78 Å². The predicted molar refractivity (Wildman–Crippen MR) is 93.1 cm³/mol. The van der Waals surface area contributed by atoms with Crippen molar-refractivity contribution in [1.82, 2.24) is 15.1 Å². The van der Waals surface area contributed by atoms with Crippen molar-refractivity contribution < 1.29 is 18.3 Å². The summed E-state index contributed by atoms with van der Waals surface area (Å²) in [7, 11) is 0. The number of ether oxygens (including phenoxy) is 1. The molecule has 25 heavy (non-hydrogen) atoms. The molecule has 0 aliphatic carbocycles. The van der Waals surface area contributed by atoms with Crippen LogP contribution in [0, 0.1) is 5.92 Å². The lowest BCUT2D eigenvalue weighted by Gasteiger charge is -2.35. The van der Waals surface area contributed by atoms with Gasteiger partial charge in [0, 0.05) is 44.8 Å². The van der Waals surface area contributed by atoms with Gasteiger partial charge in [-0.1, -0.05) is 19.9 Å². The van der Waals surface area contributed by atoms with E-state index in [1.807, 2.05) is 0 Å². The van der Waals surface area contributed by atoms with Crippen molar-refractivity contribution in [2.45, 2.75) is 20.5 Å². The molecule has 1 amide bonds. The summed E-state index contributed by atoms with van der Waals surface area (Å²) in [6, 6.07) is 5.85. The van der Waals surface area contributed by atoms with Crippen molar-refractivity contribution in [3.8, 4) is 5.75 Å². The maximum atomic E-state index is 12.2. The molecule has 0 aromatic heterocycles. The van der Waals surface area contributed by atoms with E-state index in [2.05, 4.69) is 33.7 Å². The van der Waals surface area contributed by atoms with Crippen LogP contribution in [0.2, 0.25) is 0 Å². The Morgan fingerprint density at radius 2 is 1.92 bits per heavy atom. The lowest BCUT2D eigenvalue weighted by molar-refractivity contribution is -0.0498. The van der Waals surface area contributed by atoms with Crippen molar-refractivity contribution in [3.05, 3.63) is 29.8 Å². The number of hydrogen-bond acceptors (Lipinski definition) is 4. The Kier molecular flexibility index (Phi) is 7.58. The van der Waals surface area contributed by atoms with E-state index in [-0.39, 0.29) is 11.7 Å². The smallest absolute Gasteiger partial charge is 0.387 e. The summed E-state index contributed by atoms with van der Waals surface area (Å²) in [5, 5.41) is 2.87. The topological polar surface area (TPSA) is 44.8 Å². The van der Waals surface area contributed by atoms with Gasteiger partial charge in [0.05, 0.1) is 0 Å². The Balaban J connectivity index is 1.75. The third-order valence-electron chi connectivity index (χ3n) is 4.41. The third kappa shape index (κ3) is 6.59. The number of benzene rings is 1. The van der Waals surface area contributed by atoms with Gasteiger partial charge in [0.15, 0.2) is 0 Å². The molecule has 1 saturated heterocycles. The second-order valence-electron chi connectivity index (χ2n) is 6.46. The van der Waals surface area contributed by atoms with Crippen LogP contribution < -0.4 is 10.1 Å². The van der Waals surface area contributed by atoms with Crippen molar-refractivity contribution in [2.75, 3.05) is 45.8 Å². The first-order chi connectivity index (χ1) is 12.0. The zero-order valence-electron chi connectivity index (χ0n) is 14.9. The van der Waals surface area contributed by atoms with Gasteiger partial charge in [0.2, 0.25) is 0 Å². The van der Waals surface area contributed by atoms with Gasteiger partial charge in [0.1, 0.15) is 5.75 Å². The maximum Gasteiger partial charge on any atom is 0.387 e. The van der Waals surface area contributed by atoms with Crippen molar-refractivity contribution in [1.29, 1.82) is 0 Å². The number of halogens is 2. The summed E-state index contributed by atoms with van der Waals surface area (Å²) in [5.74, 6) is 0.0319. The van der Waals surface area contributed by atoms with E-state index in [1.165, 1.54) is 18.2 Å². The zero-order chi connectivity index (χ0) is 18.2. The first-order valence-electron chi connectivity index (χ1n) is 8.75. The van der Waals surface area contributed by atoms with Gasteiger partial charge in [-0.3, -0.25) is 4.79 Å².